The van der Waals surface area contributed by atoms with Crippen LogP contribution >= 0.6 is 0 Å². The third kappa shape index (κ3) is 2.92. The van der Waals surface area contributed by atoms with E-state index in [2.05, 4.69) is 62.9 Å². The second-order valence-corrected chi connectivity index (χ2v) is 3.66. The lowest BCUT2D eigenvalue weighted by Gasteiger charge is -2.14. The fourth-order valence-corrected chi connectivity index (χ4v) is 1.43. The maximum Gasteiger partial charge on any atom is 0.0240 e. The molecule has 0 amide bonds. The summed E-state index contributed by atoms with van der Waals surface area (Å²) in [4.78, 5) is 0. The van der Waals surface area contributed by atoms with Crippen LogP contribution in [0.25, 0.3) is 0 Å². The molecule has 0 aliphatic carbocycles. The number of hydrogen-bond donors (Lipinski definition) is 0. The van der Waals surface area contributed by atoms with Crippen LogP contribution in [0, 0.1) is 17.8 Å². The lowest BCUT2D eigenvalue weighted by atomic mass is 9.89. The first-order chi connectivity index (χ1) is 6.75. The van der Waals surface area contributed by atoms with Gasteiger partial charge in [-0.1, -0.05) is 57.0 Å². The van der Waals surface area contributed by atoms with E-state index >= 15 is 0 Å². The summed E-state index contributed by atoms with van der Waals surface area (Å²) in [6.45, 7) is 6.53. The molecule has 1 rings (SSSR count). The van der Waals surface area contributed by atoms with E-state index in [1.54, 1.807) is 0 Å². The molecule has 74 valence electrons. The molecule has 0 saturated carbocycles. The summed E-state index contributed by atoms with van der Waals surface area (Å²) in [5, 5.41) is 0. The van der Waals surface area contributed by atoms with Crippen LogP contribution in [-0.4, -0.2) is 0 Å². The van der Waals surface area contributed by atoms with Gasteiger partial charge in [0, 0.05) is 12.3 Å². The van der Waals surface area contributed by atoms with Gasteiger partial charge in [0.2, 0.25) is 0 Å². The Morgan fingerprint density at radius 1 is 1.14 bits per heavy atom. The van der Waals surface area contributed by atoms with Crippen molar-refractivity contribution in [3.8, 4) is 11.8 Å². The first-order valence-corrected chi connectivity index (χ1v) is 5.29. The van der Waals surface area contributed by atoms with Crippen LogP contribution in [0.2, 0.25) is 0 Å². The molecule has 0 N–H and O–H groups in total. The Hall–Kier alpha value is -1.22. The van der Waals surface area contributed by atoms with E-state index in [4.69, 9.17) is 0 Å². The van der Waals surface area contributed by atoms with E-state index < -0.39 is 0 Å². The van der Waals surface area contributed by atoms with Gasteiger partial charge in [0.15, 0.2) is 0 Å². The molecule has 0 aliphatic rings. The Bertz CT molecular complexity index is 313. The van der Waals surface area contributed by atoms with Crippen molar-refractivity contribution in [3.05, 3.63) is 35.9 Å². The van der Waals surface area contributed by atoms with E-state index in [-0.39, 0.29) is 0 Å². The Balaban J connectivity index is 2.70. The number of rotatable bonds is 2. The van der Waals surface area contributed by atoms with Gasteiger partial charge >= 0.3 is 0 Å². The van der Waals surface area contributed by atoms with Gasteiger partial charge in [0.25, 0.3) is 0 Å². The molecule has 1 aromatic carbocycles. The molecule has 14 heavy (non-hydrogen) atoms. The maximum atomic E-state index is 3.28. The second kappa shape index (κ2) is 5.50. The predicted molar refractivity (Wildman–Crippen MR) is 62.1 cm³/mol. The average Bonchev–Trinajstić information content (AvgIpc) is 2.26. The van der Waals surface area contributed by atoms with E-state index in [1.165, 1.54) is 5.56 Å². The third-order valence-electron chi connectivity index (χ3n) is 2.58. The summed E-state index contributed by atoms with van der Waals surface area (Å²) in [5.41, 5.74) is 1.38. The average molecular weight is 186 g/mol. The third-order valence-corrected chi connectivity index (χ3v) is 2.58. The van der Waals surface area contributed by atoms with Crippen LogP contribution in [0.1, 0.15) is 38.7 Å². The molecule has 0 aromatic heterocycles. The van der Waals surface area contributed by atoms with Crippen molar-refractivity contribution in [2.45, 2.75) is 33.1 Å². The van der Waals surface area contributed by atoms with Crippen molar-refractivity contribution in [1.29, 1.82) is 0 Å². The summed E-state index contributed by atoms with van der Waals surface area (Å²) >= 11 is 0. The van der Waals surface area contributed by atoms with Crippen molar-refractivity contribution in [1.82, 2.24) is 0 Å². The summed E-state index contributed by atoms with van der Waals surface area (Å²) in [6, 6.07) is 10.6. The minimum Gasteiger partial charge on any atom is -0.103 e. The van der Waals surface area contributed by atoms with Crippen molar-refractivity contribution in [2.75, 3.05) is 0 Å². The van der Waals surface area contributed by atoms with Gasteiger partial charge in [-0.15, -0.1) is 5.92 Å². The standard InChI is InChI=1S/C14H18/c1-4-5-9-12(2)13(3)14-10-7-6-8-11-14/h6-8,10-13H,4H2,1-3H3. The molecule has 0 nitrogen and oxygen atoms in total. The van der Waals surface area contributed by atoms with Gasteiger partial charge in [0.05, 0.1) is 0 Å². The normalized spacial score (nSPS) is 13.9. The molecule has 0 aliphatic heterocycles. The minimum atomic E-state index is 0.442. The maximum absolute atomic E-state index is 3.28. The lowest BCUT2D eigenvalue weighted by molar-refractivity contribution is 0.609. The highest BCUT2D eigenvalue weighted by molar-refractivity contribution is 5.22. The highest BCUT2D eigenvalue weighted by atomic mass is 14.1. The van der Waals surface area contributed by atoms with Gasteiger partial charge in [-0.05, 0) is 11.5 Å². The SMILES string of the molecule is CCC#CC(C)C(C)c1ccccc1. The lowest BCUT2D eigenvalue weighted by Crippen LogP contribution is -2.03. The first kappa shape index (κ1) is 10.9. The monoisotopic (exact) mass is 186 g/mol. The minimum absolute atomic E-state index is 0.442. The van der Waals surface area contributed by atoms with E-state index in [0.29, 0.717) is 11.8 Å². The van der Waals surface area contributed by atoms with Crippen molar-refractivity contribution >= 4 is 0 Å². The van der Waals surface area contributed by atoms with Crippen molar-refractivity contribution < 1.29 is 0 Å². The highest BCUT2D eigenvalue weighted by Crippen LogP contribution is 2.22. The molecule has 2 atom stereocenters. The van der Waals surface area contributed by atoms with Crippen molar-refractivity contribution in [2.24, 2.45) is 5.92 Å². The molecule has 0 saturated heterocycles. The number of benzene rings is 1. The topological polar surface area (TPSA) is 0 Å². The van der Waals surface area contributed by atoms with Crippen LogP contribution in [-0.2, 0) is 0 Å². The predicted octanol–water partition coefficient (Wildman–Crippen LogP) is 3.84. The smallest absolute Gasteiger partial charge is 0.0240 e. The van der Waals surface area contributed by atoms with Gasteiger partial charge < -0.3 is 0 Å². The molecule has 0 heteroatoms. The molecule has 0 fully saturated rings. The van der Waals surface area contributed by atoms with Crippen LogP contribution in [0.4, 0.5) is 0 Å². The summed E-state index contributed by atoms with van der Waals surface area (Å²) in [5.74, 6) is 7.39. The zero-order valence-corrected chi connectivity index (χ0v) is 9.25. The van der Waals surface area contributed by atoms with E-state index in [1.807, 2.05) is 0 Å². The summed E-state index contributed by atoms with van der Waals surface area (Å²) in [6.07, 6.45) is 0.950. The van der Waals surface area contributed by atoms with Crippen LogP contribution in [0.3, 0.4) is 0 Å². The number of hydrogen-bond acceptors (Lipinski definition) is 0. The molecule has 1 aromatic rings. The molecule has 0 bridgehead atoms. The van der Waals surface area contributed by atoms with Crippen LogP contribution in [0.5, 0.6) is 0 Å². The summed E-state index contributed by atoms with van der Waals surface area (Å²) in [7, 11) is 0. The largest absolute Gasteiger partial charge is 0.103 e. The van der Waals surface area contributed by atoms with Crippen LogP contribution < -0.4 is 0 Å². The zero-order chi connectivity index (χ0) is 10.4. The molecule has 0 heterocycles. The Morgan fingerprint density at radius 3 is 2.36 bits per heavy atom. The van der Waals surface area contributed by atoms with Crippen molar-refractivity contribution in [3.63, 3.8) is 0 Å². The first-order valence-electron chi connectivity index (χ1n) is 5.29. The van der Waals surface area contributed by atoms with Gasteiger partial charge in [-0.2, -0.15) is 0 Å². The Labute approximate surface area is 87.4 Å². The van der Waals surface area contributed by atoms with Gasteiger partial charge in [-0.3, -0.25) is 0 Å². The Morgan fingerprint density at radius 2 is 1.79 bits per heavy atom. The van der Waals surface area contributed by atoms with Gasteiger partial charge in [0.1, 0.15) is 0 Å². The summed E-state index contributed by atoms with van der Waals surface area (Å²) < 4.78 is 0. The zero-order valence-electron chi connectivity index (χ0n) is 9.25. The molecule has 0 spiro atoms. The quantitative estimate of drug-likeness (QED) is 0.616. The second-order valence-electron chi connectivity index (χ2n) is 3.66. The molecule has 2 unspecified atom stereocenters. The molecular weight excluding hydrogens is 168 g/mol. The van der Waals surface area contributed by atoms with Gasteiger partial charge in [-0.25, -0.2) is 0 Å². The molecule has 0 radical (unpaired) electrons. The molecular formula is C14H18. The fraction of sp³-hybridized carbons (Fsp3) is 0.429. The highest BCUT2D eigenvalue weighted by Gasteiger charge is 2.10. The van der Waals surface area contributed by atoms with E-state index in [0.717, 1.165) is 6.42 Å². The fourth-order valence-electron chi connectivity index (χ4n) is 1.43. The van der Waals surface area contributed by atoms with Crippen LogP contribution in [0.15, 0.2) is 30.3 Å². The van der Waals surface area contributed by atoms with E-state index in [9.17, 15) is 0 Å². The Kier molecular flexibility index (Phi) is 4.26.